The quantitative estimate of drug-likeness (QED) is 0.393. The van der Waals surface area contributed by atoms with Gasteiger partial charge in [-0.3, -0.25) is 0 Å². The van der Waals surface area contributed by atoms with Gasteiger partial charge in [0.25, 0.3) is 0 Å². The van der Waals surface area contributed by atoms with Gasteiger partial charge in [-0.1, -0.05) is 0 Å². The van der Waals surface area contributed by atoms with E-state index in [0.717, 1.165) is 0 Å². The maximum atomic E-state index is 12.5. The molecule has 0 unspecified atom stereocenters. The van der Waals surface area contributed by atoms with Crippen LogP contribution < -0.4 is 0 Å². The minimum absolute atomic E-state index is 0.475. The zero-order chi connectivity index (χ0) is 9.68. The molecule has 0 radical (unpaired) electrons. The van der Waals surface area contributed by atoms with Crippen molar-refractivity contribution in [2.45, 2.75) is 0 Å². The van der Waals surface area contributed by atoms with E-state index in [4.69, 9.17) is 0 Å². The highest BCUT2D eigenvalue weighted by Crippen LogP contribution is 2.02. The summed E-state index contributed by atoms with van der Waals surface area (Å²) in [4.78, 5) is 14.0. The molecule has 0 N–H and O–H groups in total. The summed E-state index contributed by atoms with van der Waals surface area (Å²) in [6.45, 7) is 0. The first-order chi connectivity index (χ1) is 6.22. The fraction of sp³-hybridized carbons (Fsp3) is 0.111. The van der Waals surface area contributed by atoms with Gasteiger partial charge in [-0.2, -0.15) is 4.39 Å². The van der Waals surface area contributed by atoms with Crippen LogP contribution in [-0.2, 0) is 9.53 Å². The van der Waals surface area contributed by atoms with Crippen LogP contribution in [0.15, 0.2) is 24.4 Å². The number of methoxy groups -OCH3 is 1. The second kappa shape index (κ2) is 4.35. The standard InChI is InChI=1S/C9H8FNO2/c1-13-9(12)3-2-7-4-5-11-8(10)6-7/h2-6H,1H3/b3-2+. The van der Waals surface area contributed by atoms with E-state index in [2.05, 4.69) is 9.72 Å². The van der Waals surface area contributed by atoms with Crippen LogP contribution in [0, 0.1) is 5.95 Å². The maximum Gasteiger partial charge on any atom is 0.330 e. The highest BCUT2D eigenvalue weighted by Gasteiger charge is 1.93. The van der Waals surface area contributed by atoms with E-state index in [1.54, 1.807) is 6.07 Å². The van der Waals surface area contributed by atoms with Gasteiger partial charge in [0, 0.05) is 18.3 Å². The van der Waals surface area contributed by atoms with Crippen LogP contribution in [0.5, 0.6) is 0 Å². The molecule has 0 amide bonds. The van der Waals surface area contributed by atoms with Gasteiger partial charge in [-0.05, 0) is 17.7 Å². The first kappa shape index (κ1) is 9.38. The number of ether oxygens (including phenoxy) is 1. The van der Waals surface area contributed by atoms with Gasteiger partial charge in [0.1, 0.15) is 0 Å². The molecule has 1 heterocycles. The number of carbonyl (C=O) groups is 1. The molecule has 1 aromatic heterocycles. The Kier molecular flexibility index (Phi) is 3.14. The van der Waals surface area contributed by atoms with Crippen LogP contribution in [0.3, 0.4) is 0 Å². The van der Waals surface area contributed by atoms with Crippen LogP contribution in [-0.4, -0.2) is 18.1 Å². The van der Waals surface area contributed by atoms with Gasteiger partial charge in [0.2, 0.25) is 5.95 Å². The van der Waals surface area contributed by atoms with Crippen molar-refractivity contribution in [2.24, 2.45) is 0 Å². The molecule has 13 heavy (non-hydrogen) atoms. The summed E-state index contributed by atoms with van der Waals surface area (Å²) in [5.74, 6) is -1.05. The molecule has 1 rings (SSSR count). The Labute approximate surface area is 74.9 Å². The summed E-state index contributed by atoms with van der Waals surface area (Å²) in [5.41, 5.74) is 0.568. The summed E-state index contributed by atoms with van der Waals surface area (Å²) in [6, 6.07) is 2.81. The molecule has 0 bridgehead atoms. The molecule has 3 nitrogen and oxygen atoms in total. The highest BCUT2D eigenvalue weighted by molar-refractivity contribution is 5.86. The van der Waals surface area contributed by atoms with Crippen molar-refractivity contribution in [1.82, 2.24) is 4.98 Å². The number of rotatable bonds is 2. The summed E-state index contributed by atoms with van der Waals surface area (Å²) < 4.78 is 16.9. The van der Waals surface area contributed by atoms with E-state index < -0.39 is 11.9 Å². The van der Waals surface area contributed by atoms with Gasteiger partial charge < -0.3 is 4.74 Å². The molecule has 4 heteroatoms. The molecule has 0 spiro atoms. The molecule has 68 valence electrons. The van der Waals surface area contributed by atoms with Crippen molar-refractivity contribution in [3.05, 3.63) is 35.9 Å². The first-order valence-corrected chi connectivity index (χ1v) is 3.60. The predicted octanol–water partition coefficient (Wildman–Crippen LogP) is 1.41. The molecular formula is C9H8FNO2. The van der Waals surface area contributed by atoms with Crippen molar-refractivity contribution >= 4 is 12.0 Å². The molecule has 1 aromatic rings. The van der Waals surface area contributed by atoms with E-state index in [9.17, 15) is 9.18 Å². The lowest BCUT2D eigenvalue weighted by Crippen LogP contribution is -1.93. The lowest BCUT2D eigenvalue weighted by atomic mass is 10.2. The number of carbonyl (C=O) groups excluding carboxylic acids is 1. The zero-order valence-corrected chi connectivity index (χ0v) is 7.03. The van der Waals surface area contributed by atoms with E-state index in [-0.39, 0.29) is 0 Å². The summed E-state index contributed by atoms with van der Waals surface area (Å²) in [6.07, 6.45) is 4.00. The van der Waals surface area contributed by atoms with Crippen molar-refractivity contribution in [3.63, 3.8) is 0 Å². The molecule has 0 fully saturated rings. The normalized spacial score (nSPS) is 10.3. The fourth-order valence-corrected chi connectivity index (χ4v) is 0.753. The van der Waals surface area contributed by atoms with Gasteiger partial charge in [-0.15, -0.1) is 0 Å². The summed E-state index contributed by atoms with van der Waals surface area (Å²) in [7, 11) is 1.28. The van der Waals surface area contributed by atoms with E-state index in [1.807, 2.05) is 0 Å². The number of pyridine rings is 1. The van der Waals surface area contributed by atoms with Crippen LogP contribution >= 0.6 is 0 Å². The Morgan fingerprint density at radius 3 is 3.08 bits per heavy atom. The van der Waals surface area contributed by atoms with E-state index >= 15 is 0 Å². The van der Waals surface area contributed by atoms with Gasteiger partial charge in [0.15, 0.2) is 0 Å². The number of esters is 1. The molecule has 0 aromatic carbocycles. The molecule has 0 aliphatic heterocycles. The smallest absolute Gasteiger partial charge is 0.330 e. The molecule has 0 atom stereocenters. The summed E-state index contributed by atoms with van der Waals surface area (Å²) in [5, 5.41) is 0. The number of hydrogen-bond acceptors (Lipinski definition) is 3. The SMILES string of the molecule is COC(=O)/C=C/c1ccnc(F)c1. The monoisotopic (exact) mass is 181 g/mol. The Hall–Kier alpha value is -1.71. The molecule has 0 saturated heterocycles. The lowest BCUT2D eigenvalue weighted by molar-refractivity contribution is -0.134. The largest absolute Gasteiger partial charge is 0.466 e. The predicted molar refractivity (Wildman–Crippen MR) is 45.2 cm³/mol. The number of halogens is 1. The second-order valence-corrected chi connectivity index (χ2v) is 2.27. The molecule has 0 aliphatic rings. The van der Waals surface area contributed by atoms with Gasteiger partial charge >= 0.3 is 5.97 Å². The third-order valence-electron chi connectivity index (χ3n) is 1.36. The molecular weight excluding hydrogens is 173 g/mol. The Balaban J connectivity index is 2.74. The van der Waals surface area contributed by atoms with Gasteiger partial charge in [0.05, 0.1) is 7.11 Å². The minimum Gasteiger partial charge on any atom is -0.466 e. The lowest BCUT2D eigenvalue weighted by Gasteiger charge is -1.92. The van der Waals surface area contributed by atoms with Crippen molar-refractivity contribution < 1.29 is 13.9 Å². The van der Waals surface area contributed by atoms with Crippen LogP contribution in [0.4, 0.5) is 4.39 Å². The van der Waals surface area contributed by atoms with Crippen LogP contribution in [0.25, 0.3) is 6.08 Å². The minimum atomic E-state index is -0.577. The maximum absolute atomic E-state index is 12.5. The highest BCUT2D eigenvalue weighted by atomic mass is 19.1. The second-order valence-electron chi connectivity index (χ2n) is 2.27. The van der Waals surface area contributed by atoms with Crippen molar-refractivity contribution in [2.75, 3.05) is 7.11 Å². The zero-order valence-electron chi connectivity index (χ0n) is 7.03. The molecule has 0 saturated carbocycles. The fourth-order valence-electron chi connectivity index (χ4n) is 0.753. The topological polar surface area (TPSA) is 39.2 Å². The van der Waals surface area contributed by atoms with E-state index in [0.29, 0.717) is 5.56 Å². The Morgan fingerprint density at radius 1 is 1.69 bits per heavy atom. The third-order valence-corrected chi connectivity index (χ3v) is 1.36. The number of hydrogen-bond donors (Lipinski definition) is 0. The van der Waals surface area contributed by atoms with Gasteiger partial charge in [-0.25, -0.2) is 9.78 Å². The summed E-state index contributed by atoms with van der Waals surface area (Å²) >= 11 is 0. The number of aromatic nitrogens is 1. The number of nitrogens with zero attached hydrogens (tertiary/aromatic N) is 1. The first-order valence-electron chi connectivity index (χ1n) is 3.60. The average molecular weight is 181 g/mol. The van der Waals surface area contributed by atoms with Crippen LogP contribution in [0.1, 0.15) is 5.56 Å². The van der Waals surface area contributed by atoms with Crippen LogP contribution in [0.2, 0.25) is 0 Å². The Bertz CT molecular complexity index is 336. The average Bonchev–Trinajstić information content (AvgIpc) is 2.14. The Morgan fingerprint density at radius 2 is 2.46 bits per heavy atom. The van der Waals surface area contributed by atoms with Crippen molar-refractivity contribution in [3.8, 4) is 0 Å². The third kappa shape index (κ3) is 3.02. The van der Waals surface area contributed by atoms with Crippen molar-refractivity contribution in [1.29, 1.82) is 0 Å². The molecule has 0 aliphatic carbocycles. The van der Waals surface area contributed by atoms with E-state index in [1.165, 1.54) is 31.5 Å².